The van der Waals surface area contributed by atoms with Crippen molar-refractivity contribution in [2.24, 2.45) is 5.92 Å². The fourth-order valence-corrected chi connectivity index (χ4v) is 1.88. The van der Waals surface area contributed by atoms with Gasteiger partial charge in [0.1, 0.15) is 0 Å². The van der Waals surface area contributed by atoms with Crippen LogP contribution in [0.15, 0.2) is 0 Å². The number of hydrogen-bond donors (Lipinski definition) is 1. The van der Waals surface area contributed by atoms with Crippen molar-refractivity contribution in [3.05, 3.63) is 0 Å². The predicted octanol–water partition coefficient (Wildman–Crippen LogP) is 0.734. The molecule has 15 heavy (non-hydrogen) atoms. The molecule has 0 aromatic rings. The highest BCUT2D eigenvalue weighted by Crippen LogP contribution is 2.46. The summed E-state index contributed by atoms with van der Waals surface area (Å²) < 4.78 is 50.4. The molecule has 3 nitrogen and oxygen atoms in total. The van der Waals surface area contributed by atoms with Gasteiger partial charge in [0.2, 0.25) is 11.7 Å². The Morgan fingerprint density at radius 3 is 2.00 bits per heavy atom. The number of carbonyl (C=O) groups is 2. The zero-order valence-electron chi connectivity index (χ0n) is 7.40. The number of ketones is 1. The van der Waals surface area contributed by atoms with E-state index in [1.807, 2.05) is 0 Å². The van der Waals surface area contributed by atoms with Crippen LogP contribution in [0.5, 0.6) is 0 Å². The Morgan fingerprint density at radius 2 is 1.67 bits per heavy atom. The molecule has 1 saturated heterocycles. The van der Waals surface area contributed by atoms with Crippen molar-refractivity contribution >= 4 is 11.7 Å². The highest BCUT2D eigenvalue weighted by molar-refractivity contribution is 6.16. The highest BCUT2D eigenvalue weighted by atomic mass is 19.3. The molecule has 1 aliphatic heterocycles. The summed E-state index contributed by atoms with van der Waals surface area (Å²) in [7, 11) is 0. The molecule has 2 aliphatic rings. The van der Waals surface area contributed by atoms with Gasteiger partial charge in [-0.05, 0) is 5.92 Å². The van der Waals surface area contributed by atoms with Gasteiger partial charge in [-0.1, -0.05) is 0 Å². The van der Waals surface area contributed by atoms with E-state index in [0.29, 0.717) is 0 Å². The van der Waals surface area contributed by atoms with E-state index in [4.69, 9.17) is 0 Å². The molecule has 0 bridgehead atoms. The average Bonchev–Trinajstić information content (AvgIpc) is 2.25. The Hall–Kier alpha value is -1.14. The Kier molecular flexibility index (Phi) is 1.87. The number of Topliss-reactive ketones (excluding diaryl/α,β-unsaturated/α-hetero) is 1. The molecule has 1 heterocycles. The summed E-state index contributed by atoms with van der Waals surface area (Å²) >= 11 is 0. The van der Waals surface area contributed by atoms with Gasteiger partial charge in [0.05, 0.1) is 6.04 Å². The fourth-order valence-electron chi connectivity index (χ4n) is 1.88. The Bertz CT molecular complexity index is 334. The maximum Gasteiger partial charge on any atom is 0.383 e. The maximum absolute atomic E-state index is 12.7. The molecule has 1 unspecified atom stereocenters. The predicted molar refractivity (Wildman–Crippen MR) is 39.6 cm³/mol. The molecule has 1 N–H and O–H groups in total. The first-order chi connectivity index (χ1) is 6.74. The lowest BCUT2D eigenvalue weighted by Crippen LogP contribution is -2.49. The van der Waals surface area contributed by atoms with Crippen LogP contribution >= 0.6 is 0 Å². The molecule has 0 radical (unpaired) electrons. The van der Waals surface area contributed by atoms with Crippen LogP contribution in [-0.2, 0) is 9.59 Å². The molecule has 84 valence electrons. The van der Waals surface area contributed by atoms with Crippen LogP contribution in [0, 0.1) is 5.92 Å². The van der Waals surface area contributed by atoms with Crippen molar-refractivity contribution < 1.29 is 27.2 Å². The summed E-state index contributed by atoms with van der Waals surface area (Å²) in [6.07, 6.45) is -1.25. The second-order valence-electron chi connectivity index (χ2n) is 3.91. The van der Waals surface area contributed by atoms with Gasteiger partial charge in [-0.15, -0.1) is 0 Å². The lowest BCUT2D eigenvalue weighted by Gasteiger charge is -2.37. The minimum atomic E-state index is -4.06. The van der Waals surface area contributed by atoms with Gasteiger partial charge in [0.15, 0.2) is 0 Å². The molecular formula is C8H7F4NO2. The number of rotatable bonds is 1. The lowest BCUT2D eigenvalue weighted by molar-refractivity contribution is -0.153. The van der Waals surface area contributed by atoms with E-state index in [2.05, 4.69) is 0 Å². The molecule has 0 spiro atoms. The van der Waals surface area contributed by atoms with E-state index >= 15 is 0 Å². The SMILES string of the molecule is O=C1NC(C2CC(F)(F)C2)C(=O)C1(F)F. The number of nitrogens with one attached hydrogen (secondary N) is 1. The number of amides is 1. The molecule has 1 saturated carbocycles. The summed E-state index contributed by atoms with van der Waals surface area (Å²) in [6, 6.07) is -1.45. The molecule has 0 aromatic heterocycles. The Morgan fingerprint density at radius 1 is 1.13 bits per heavy atom. The third-order valence-electron chi connectivity index (χ3n) is 2.76. The maximum atomic E-state index is 12.7. The molecule has 7 heteroatoms. The first kappa shape index (κ1) is 10.4. The van der Waals surface area contributed by atoms with Gasteiger partial charge < -0.3 is 5.32 Å². The summed E-state index contributed by atoms with van der Waals surface area (Å²) in [4.78, 5) is 21.7. The molecular weight excluding hydrogens is 218 g/mol. The van der Waals surface area contributed by atoms with E-state index in [1.165, 1.54) is 0 Å². The van der Waals surface area contributed by atoms with Crippen molar-refractivity contribution in [1.29, 1.82) is 0 Å². The third-order valence-corrected chi connectivity index (χ3v) is 2.76. The number of alkyl halides is 4. The average molecular weight is 225 g/mol. The van der Waals surface area contributed by atoms with Crippen molar-refractivity contribution in [1.82, 2.24) is 5.32 Å². The minimum Gasteiger partial charge on any atom is -0.340 e. The van der Waals surface area contributed by atoms with E-state index in [-0.39, 0.29) is 0 Å². The molecule has 0 aromatic carbocycles. The van der Waals surface area contributed by atoms with Gasteiger partial charge >= 0.3 is 5.92 Å². The molecule has 2 fully saturated rings. The first-order valence-electron chi connectivity index (χ1n) is 4.35. The van der Waals surface area contributed by atoms with Gasteiger partial charge in [-0.3, -0.25) is 9.59 Å². The van der Waals surface area contributed by atoms with E-state index < -0.39 is 48.3 Å². The smallest absolute Gasteiger partial charge is 0.340 e. The van der Waals surface area contributed by atoms with Crippen LogP contribution in [0.1, 0.15) is 12.8 Å². The number of hydrogen-bond acceptors (Lipinski definition) is 2. The second-order valence-corrected chi connectivity index (χ2v) is 3.91. The Balaban J connectivity index is 2.09. The zero-order chi connectivity index (χ0) is 11.4. The van der Waals surface area contributed by atoms with Crippen molar-refractivity contribution in [3.8, 4) is 0 Å². The largest absolute Gasteiger partial charge is 0.383 e. The summed E-state index contributed by atoms with van der Waals surface area (Å²) in [6.45, 7) is 0. The fraction of sp³-hybridized carbons (Fsp3) is 0.750. The molecule has 2 rings (SSSR count). The lowest BCUT2D eigenvalue weighted by atomic mass is 9.75. The van der Waals surface area contributed by atoms with Gasteiger partial charge in [0.25, 0.3) is 5.91 Å². The van der Waals surface area contributed by atoms with Crippen molar-refractivity contribution in [2.45, 2.75) is 30.7 Å². The minimum absolute atomic E-state index is 0.625. The molecule has 1 aliphatic carbocycles. The standard InChI is InChI=1S/C8H7F4NO2/c9-7(10)1-3(2-7)4-5(14)8(11,12)6(15)13-4/h3-4H,1-2H2,(H,13,15). The normalized spacial score (nSPS) is 33.7. The molecule has 1 amide bonds. The van der Waals surface area contributed by atoms with Crippen molar-refractivity contribution in [2.75, 3.05) is 0 Å². The highest BCUT2D eigenvalue weighted by Gasteiger charge is 2.62. The van der Waals surface area contributed by atoms with E-state index in [0.717, 1.165) is 0 Å². The monoisotopic (exact) mass is 225 g/mol. The summed E-state index contributed by atoms with van der Waals surface area (Å²) in [5.41, 5.74) is 0. The molecule has 1 atom stereocenters. The first-order valence-corrected chi connectivity index (χ1v) is 4.35. The number of carbonyl (C=O) groups excluding carboxylic acids is 2. The van der Waals surface area contributed by atoms with Crippen LogP contribution in [0.4, 0.5) is 17.6 Å². The second kappa shape index (κ2) is 2.70. The van der Waals surface area contributed by atoms with Crippen LogP contribution < -0.4 is 5.32 Å². The van der Waals surface area contributed by atoms with Gasteiger partial charge in [0, 0.05) is 12.8 Å². The third kappa shape index (κ3) is 1.40. The van der Waals surface area contributed by atoms with Gasteiger partial charge in [-0.25, -0.2) is 8.78 Å². The Labute approximate surface area is 81.8 Å². The van der Waals surface area contributed by atoms with E-state index in [1.54, 1.807) is 5.32 Å². The topological polar surface area (TPSA) is 46.2 Å². The van der Waals surface area contributed by atoms with Crippen LogP contribution in [0.25, 0.3) is 0 Å². The zero-order valence-corrected chi connectivity index (χ0v) is 7.40. The van der Waals surface area contributed by atoms with Crippen molar-refractivity contribution in [3.63, 3.8) is 0 Å². The van der Waals surface area contributed by atoms with Crippen LogP contribution in [0.3, 0.4) is 0 Å². The van der Waals surface area contributed by atoms with Crippen LogP contribution in [-0.4, -0.2) is 29.6 Å². The van der Waals surface area contributed by atoms with Crippen LogP contribution in [0.2, 0.25) is 0 Å². The number of halogens is 4. The summed E-state index contributed by atoms with van der Waals surface area (Å²) in [5, 5.41) is 1.76. The summed E-state index contributed by atoms with van der Waals surface area (Å²) in [5.74, 6) is -11.1. The quantitative estimate of drug-likeness (QED) is 0.528. The van der Waals surface area contributed by atoms with Gasteiger partial charge in [-0.2, -0.15) is 8.78 Å². The van der Waals surface area contributed by atoms with E-state index in [9.17, 15) is 27.2 Å².